The number of alkyl halides is 1. The van der Waals surface area contributed by atoms with Crippen molar-refractivity contribution in [2.24, 2.45) is 0 Å². The van der Waals surface area contributed by atoms with Gasteiger partial charge in [0.25, 0.3) is 0 Å². The normalized spacial score (nSPS) is 10.7. The third-order valence-electron chi connectivity index (χ3n) is 2.79. The van der Waals surface area contributed by atoms with Crippen molar-refractivity contribution in [3.63, 3.8) is 0 Å². The Morgan fingerprint density at radius 1 is 1.35 bits per heavy atom. The Bertz CT molecular complexity index is 849. The van der Waals surface area contributed by atoms with Crippen molar-refractivity contribution in [3.8, 4) is 16.3 Å². The molecule has 118 valence electrons. The number of anilines is 1. The average molecular weight is 389 g/mol. The lowest BCUT2D eigenvalue weighted by Crippen LogP contribution is -2.12. The molecule has 0 aliphatic carbocycles. The summed E-state index contributed by atoms with van der Waals surface area (Å²) in [6.07, 6.45) is 2.90. The number of halogens is 3. The first kappa shape index (κ1) is 16.2. The van der Waals surface area contributed by atoms with E-state index >= 15 is 0 Å². The highest BCUT2D eigenvalue weighted by atomic mass is 35.5. The Labute approximate surface area is 150 Å². The van der Waals surface area contributed by atoms with Crippen LogP contribution < -0.4 is 5.32 Å². The Morgan fingerprint density at radius 3 is 2.83 bits per heavy atom. The summed E-state index contributed by atoms with van der Waals surface area (Å²) in [5, 5.41) is 8.09. The predicted octanol–water partition coefficient (Wildman–Crippen LogP) is 3.87. The third kappa shape index (κ3) is 3.48. The Morgan fingerprint density at radius 2 is 2.17 bits per heavy atom. The average Bonchev–Trinajstić information content (AvgIpc) is 3.16. The molecule has 1 aromatic carbocycles. The molecule has 23 heavy (non-hydrogen) atoms. The van der Waals surface area contributed by atoms with Gasteiger partial charge in [-0.25, -0.2) is 9.67 Å². The van der Waals surface area contributed by atoms with Crippen molar-refractivity contribution in [1.29, 1.82) is 0 Å². The molecule has 1 N–H and O–H groups in total. The Kier molecular flexibility index (Phi) is 4.82. The summed E-state index contributed by atoms with van der Waals surface area (Å²) >= 11 is 19.0. The van der Waals surface area contributed by atoms with Crippen molar-refractivity contribution in [1.82, 2.24) is 19.7 Å². The fourth-order valence-corrected chi connectivity index (χ4v) is 3.47. The molecular weight excluding hydrogens is 381 g/mol. The van der Waals surface area contributed by atoms with E-state index in [1.165, 1.54) is 28.7 Å². The number of benzene rings is 1. The molecule has 0 fully saturated rings. The van der Waals surface area contributed by atoms with E-state index in [0.29, 0.717) is 21.0 Å². The van der Waals surface area contributed by atoms with Gasteiger partial charge < -0.3 is 5.32 Å². The Hall–Kier alpha value is -1.67. The summed E-state index contributed by atoms with van der Waals surface area (Å²) in [5.74, 6) is -0.00385. The van der Waals surface area contributed by atoms with E-state index in [0.717, 1.165) is 10.4 Å². The largest absolute Gasteiger partial charge is 0.301 e. The van der Waals surface area contributed by atoms with Gasteiger partial charge in [-0.1, -0.05) is 40.6 Å². The van der Waals surface area contributed by atoms with Crippen LogP contribution in [0.3, 0.4) is 0 Å². The minimum absolute atomic E-state index is 0.157. The number of carbonyl (C=O) groups excluding carboxylic acids is 1. The Balaban J connectivity index is 2.12. The van der Waals surface area contributed by atoms with Crippen LogP contribution in [0, 0.1) is 0 Å². The highest BCUT2D eigenvalue weighted by Crippen LogP contribution is 2.39. The highest BCUT2D eigenvalue weighted by Gasteiger charge is 2.19. The standard InChI is InChI=1S/C13H8Cl3N5OS/c14-4-10(22)19-13-20-12(21-6-17-5-18-21)11(23-13)8-2-1-7(15)3-9(8)16/h1-3,5-6H,4H2,(H,19,20,22). The van der Waals surface area contributed by atoms with Crippen LogP contribution in [-0.4, -0.2) is 31.5 Å². The lowest BCUT2D eigenvalue weighted by atomic mass is 10.2. The predicted molar refractivity (Wildman–Crippen MR) is 91.8 cm³/mol. The molecule has 2 aromatic heterocycles. The van der Waals surface area contributed by atoms with Crippen LogP contribution in [0.15, 0.2) is 30.9 Å². The number of thiazole rings is 1. The molecule has 1 amide bonds. The van der Waals surface area contributed by atoms with Crippen LogP contribution in [0.5, 0.6) is 0 Å². The molecule has 3 aromatic rings. The molecule has 6 nitrogen and oxygen atoms in total. The molecule has 0 spiro atoms. The number of aromatic nitrogens is 4. The van der Waals surface area contributed by atoms with Gasteiger partial charge >= 0.3 is 0 Å². The van der Waals surface area contributed by atoms with E-state index in [4.69, 9.17) is 34.8 Å². The van der Waals surface area contributed by atoms with Crippen LogP contribution >= 0.6 is 46.1 Å². The van der Waals surface area contributed by atoms with Gasteiger partial charge in [0, 0.05) is 10.6 Å². The lowest BCUT2D eigenvalue weighted by Gasteiger charge is -2.04. The maximum atomic E-state index is 11.5. The van der Waals surface area contributed by atoms with Gasteiger partial charge in [0.2, 0.25) is 5.91 Å². The first-order chi connectivity index (χ1) is 11.1. The topological polar surface area (TPSA) is 72.7 Å². The molecule has 0 atom stereocenters. The van der Waals surface area contributed by atoms with Gasteiger partial charge in [-0.05, 0) is 12.1 Å². The van der Waals surface area contributed by atoms with Crippen LogP contribution in [-0.2, 0) is 4.79 Å². The zero-order valence-corrected chi connectivity index (χ0v) is 14.4. The number of carbonyl (C=O) groups is 1. The number of nitrogens with zero attached hydrogens (tertiary/aromatic N) is 4. The first-order valence-corrected chi connectivity index (χ1v) is 8.36. The van der Waals surface area contributed by atoms with Crippen LogP contribution in [0.2, 0.25) is 10.0 Å². The molecule has 0 bridgehead atoms. The maximum Gasteiger partial charge on any atom is 0.241 e. The highest BCUT2D eigenvalue weighted by molar-refractivity contribution is 7.19. The second-order valence-corrected chi connectivity index (χ2v) is 6.43. The molecule has 0 aliphatic rings. The molecule has 0 saturated carbocycles. The first-order valence-electron chi connectivity index (χ1n) is 6.25. The maximum absolute atomic E-state index is 11.5. The van der Waals surface area contributed by atoms with E-state index in [2.05, 4.69) is 20.4 Å². The number of amides is 1. The second-order valence-electron chi connectivity index (χ2n) is 4.32. The molecule has 0 saturated heterocycles. The van der Waals surface area contributed by atoms with E-state index in [1.807, 2.05) is 0 Å². The van der Waals surface area contributed by atoms with Crippen LogP contribution in [0.1, 0.15) is 0 Å². The third-order valence-corrected chi connectivity index (χ3v) is 4.57. The summed E-state index contributed by atoms with van der Waals surface area (Å²) in [5.41, 5.74) is 0.727. The fourth-order valence-electron chi connectivity index (χ4n) is 1.84. The SMILES string of the molecule is O=C(CCl)Nc1nc(-n2cncn2)c(-c2ccc(Cl)cc2Cl)s1. The number of hydrogen-bond acceptors (Lipinski definition) is 5. The molecular formula is C13H8Cl3N5OS. The van der Waals surface area contributed by atoms with Crippen LogP contribution in [0.4, 0.5) is 5.13 Å². The van der Waals surface area contributed by atoms with Gasteiger partial charge in [0.05, 0.1) is 9.90 Å². The minimum atomic E-state index is -0.348. The minimum Gasteiger partial charge on any atom is -0.301 e. The van der Waals surface area contributed by atoms with Crippen molar-refractivity contribution in [2.75, 3.05) is 11.2 Å². The van der Waals surface area contributed by atoms with Crippen molar-refractivity contribution < 1.29 is 4.79 Å². The zero-order chi connectivity index (χ0) is 16.4. The number of hydrogen-bond donors (Lipinski definition) is 1. The van der Waals surface area contributed by atoms with Gasteiger partial charge in [-0.3, -0.25) is 4.79 Å². The summed E-state index contributed by atoms with van der Waals surface area (Å²) in [7, 11) is 0. The van der Waals surface area contributed by atoms with Gasteiger partial charge in [-0.2, -0.15) is 10.1 Å². The van der Waals surface area contributed by atoms with Gasteiger partial charge in [0.1, 0.15) is 18.5 Å². The van der Waals surface area contributed by atoms with Gasteiger partial charge in [-0.15, -0.1) is 11.6 Å². The summed E-state index contributed by atoms with van der Waals surface area (Å²) < 4.78 is 1.49. The molecule has 0 aliphatic heterocycles. The second kappa shape index (κ2) is 6.84. The smallest absolute Gasteiger partial charge is 0.241 e. The van der Waals surface area contributed by atoms with E-state index in [1.54, 1.807) is 18.2 Å². The van der Waals surface area contributed by atoms with Crippen molar-refractivity contribution >= 4 is 57.2 Å². The quantitative estimate of drug-likeness (QED) is 0.689. The number of nitrogens with one attached hydrogen (secondary N) is 1. The summed E-state index contributed by atoms with van der Waals surface area (Å²) in [4.78, 5) is 20.5. The van der Waals surface area contributed by atoms with Gasteiger partial charge in [0.15, 0.2) is 10.9 Å². The molecule has 0 radical (unpaired) electrons. The molecule has 3 rings (SSSR count). The van der Waals surface area contributed by atoms with E-state index in [-0.39, 0.29) is 11.8 Å². The monoisotopic (exact) mass is 387 g/mol. The number of rotatable bonds is 4. The molecule has 0 unspecified atom stereocenters. The molecule has 10 heteroatoms. The molecule has 2 heterocycles. The van der Waals surface area contributed by atoms with E-state index in [9.17, 15) is 4.79 Å². The summed E-state index contributed by atoms with van der Waals surface area (Å²) in [6, 6.07) is 5.15. The fraction of sp³-hybridized carbons (Fsp3) is 0.0769. The lowest BCUT2D eigenvalue weighted by molar-refractivity contribution is -0.113. The van der Waals surface area contributed by atoms with Crippen molar-refractivity contribution in [3.05, 3.63) is 40.9 Å². The van der Waals surface area contributed by atoms with Crippen LogP contribution in [0.25, 0.3) is 16.3 Å². The van der Waals surface area contributed by atoms with E-state index < -0.39 is 0 Å². The summed E-state index contributed by atoms with van der Waals surface area (Å²) in [6.45, 7) is 0. The van der Waals surface area contributed by atoms with Crippen molar-refractivity contribution in [2.45, 2.75) is 0 Å². The zero-order valence-electron chi connectivity index (χ0n) is 11.3.